The van der Waals surface area contributed by atoms with Gasteiger partial charge in [0.1, 0.15) is 5.75 Å². The third kappa shape index (κ3) is 6.59. The Kier molecular flexibility index (Phi) is 9.18. The van der Waals surface area contributed by atoms with Crippen LogP contribution in [0.3, 0.4) is 0 Å². The van der Waals surface area contributed by atoms with Gasteiger partial charge in [-0.25, -0.2) is 0 Å². The number of aliphatic hydroxyl groups is 1. The topological polar surface area (TPSA) is 53.2 Å². The summed E-state index contributed by atoms with van der Waals surface area (Å²) in [5.41, 5.74) is 3.58. The Hall–Kier alpha value is -2.31. The second-order valence-electron chi connectivity index (χ2n) is 9.58. The number of hydrogen-bond acceptors (Lipinski definition) is 3. The zero-order chi connectivity index (χ0) is 22.8. The molecule has 0 aliphatic heterocycles. The molecule has 172 valence electrons. The van der Waals surface area contributed by atoms with Crippen molar-refractivity contribution in [1.82, 2.24) is 0 Å². The molecule has 2 aromatic rings. The Labute approximate surface area is 194 Å². The van der Waals surface area contributed by atoms with Gasteiger partial charge in [-0.05, 0) is 80.2 Å². The Bertz CT molecular complexity index is 852. The number of nitrogens with zero attached hydrogens (tertiary/aromatic N) is 1. The number of unbranched alkanes of at least 4 members (excludes halogenated alkanes) is 2. The molecule has 3 atom stereocenters. The van der Waals surface area contributed by atoms with E-state index in [2.05, 4.69) is 68.4 Å². The molecule has 2 aromatic carbocycles. The summed E-state index contributed by atoms with van der Waals surface area (Å²) in [7, 11) is 0. The van der Waals surface area contributed by atoms with Gasteiger partial charge in [-0.15, -0.1) is 0 Å². The molecular formula is C29H39NO2. The van der Waals surface area contributed by atoms with Crippen molar-refractivity contribution in [2.45, 2.75) is 90.1 Å². The van der Waals surface area contributed by atoms with Gasteiger partial charge in [-0.1, -0.05) is 69.0 Å². The number of nitriles is 1. The third-order valence-electron chi connectivity index (χ3n) is 7.00. The molecule has 1 fully saturated rings. The molecule has 1 aliphatic rings. The quantitative estimate of drug-likeness (QED) is 0.370. The molecule has 1 N–H and O–H groups in total. The number of benzene rings is 2. The largest absolute Gasteiger partial charge is 0.491 e. The van der Waals surface area contributed by atoms with E-state index >= 15 is 0 Å². The van der Waals surface area contributed by atoms with Crippen molar-refractivity contribution < 1.29 is 9.84 Å². The molecule has 3 heteroatoms. The summed E-state index contributed by atoms with van der Waals surface area (Å²) >= 11 is 0. The van der Waals surface area contributed by atoms with Crippen molar-refractivity contribution in [2.75, 3.05) is 6.61 Å². The summed E-state index contributed by atoms with van der Waals surface area (Å²) in [6, 6.07) is 20.0. The van der Waals surface area contributed by atoms with Gasteiger partial charge in [0.2, 0.25) is 0 Å². The molecule has 0 spiro atoms. The Morgan fingerprint density at radius 1 is 1.06 bits per heavy atom. The fourth-order valence-corrected chi connectivity index (χ4v) is 5.16. The average molecular weight is 434 g/mol. The maximum atomic E-state index is 9.95. The normalized spacial score (nSPS) is 21.6. The van der Waals surface area contributed by atoms with Gasteiger partial charge in [-0.2, -0.15) is 5.26 Å². The van der Waals surface area contributed by atoms with Crippen molar-refractivity contribution in [1.29, 1.82) is 5.26 Å². The summed E-state index contributed by atoms with van der Waals surface area (Å²) in [5, 5.41) is 19.0. The minimum Gasteiger partial charge on any atom is -0.491 e. The zero-order valence-electron chi connectivity index (χ0n) is 19.9. The van der Waals surface area contributed by atoms with E-state index in [-0.39, 0.29) is 18.1 Å². The van der Waals surface area contributed by atoms with E-state index in [1.54, 1.807) is 0 Å². The van der Waals surface area contributed by atoms with Crippen LogP contribution in [-0.4, -0.2) is 17.8 Å². The molecule has 0 heterocycles. The summed E-state index contributed by atoms with van der Waals surface area (Å²) in [6.07, 6.45) is 10.6. The first-order valence-corrected chi connectivity index (χ1v) is 12.5. The van der Waals surface area contributed by atoms with Gasteiger partial charge in [-0.3, -0.25) is 0 Å². The second kappa shape index (κ2) is 12.1. The van der Waals surface area contributed by atoms with Crippen molar-refractivity contribution >= 4 is 0 Å². The van der Waals surface area contributed by atoms with Crippen LogP contribution in [0.1, 0.15) is 89.5 Å². The van der Waals surface area contributed by atoms with Gasteiger partial charge in [0.15, 0.2) is 0 Å². The lowest BCUT2D eigenvalue weighted by molar-refractivity contribution is 0.210. The molecule has 1 aliphatic carbocycles. The van der Waals surface area contributed by atoms with E-state index in [1.165, 1.54) is 23.1 Å². The van der Waals surface area contributed by atoms with Crippen molar-refractivity contribution in [2.24, 2.45) is 5.41 Å². The highest BCUT2D eigenvalue weighted by molar-refractivity contribution is 5.64. The standard InChI is InChI=1S/C29H39NO2/c1-3-8-23(2)32-28-16-14-25(15-17-28)24-10-12-26(13-11-24)27-9-7-19-29(21-27,22-30)18-5-4-6-20-31/h10-17,23,27,31H,3-9,18-21H2,1-2H3. The van der Waals surface area contributed by atoms with Crippen LogP contribution in [0.2, 0.25) is 0 Å². The molecule has 1 saturated carbocycles. The smallest absolute Gasteiger partial charge is 0.119 e. The van der Waals surface area contributed by atoms with Crippen LogP contribution in [0.4, 0.5) is 0 Å². The molecule has 0 saturated heterocycles. The van der Waals surface area contributed by atoms with Gasteiger partial charge >= 0.3 is 0 Å². The maximum Gasteiger partial charge on any atom is 0.119 e. The molecule has 3 nitrogen and oxygen atoms in total. The van der Waals surface area contributed by atoms with Crippen LogP contribution in [0.25, 0.3) is 11.1 Å². The number of rotatable bonds is 11. The predicted octanol–water partition coefficient (Wildman–Crippen LogP) is 7.64. The third-order valence-corrected chi connectivity index (χ3v) is 7.00. The molecule has 0 bridgehead atoms. The summed E-state index contributed by atoms with van der Waals surface area (Å²) in [5.74, 6) is 1.39. The van der Waals surface area contributed by atoms with E-state index in [1.807, 2.05) is 0 Å². The Balaban J connectivity index is 1.63. The lowest BCUT2D eigenvalue weighted by atomic mass is 9.66. The van der Waals surface area contributed by atoms with Crippen LogP contribution in [-0.2, 0) is 0 Å². The van der Waals surface area contributed by atoms with Crippen molar-refractivity contribution in [3.8, 4) is 22.9 Å². The SMILES string of the molecule is CCCC(C)Oc1ccc(-c2ccc(C3CCCC(C#N)(CCCCCO)C3)cc2)cc1. The number of ether oxygens (including phenoxy) is 1. The minimum absolute atomic E-state index is 0.193. The highest BCUT2D eigenvalue weighted by Crippen LogP contribution is 2.46. The van der Waals surface area contributed by atoms with E-state index in [0.717, 1.165) is 63.5 Å². The number of aliphatic hydroxyl groups excluding tert-OH is 1. The monoisotopic (exact) mass is 433 g/mol. The number of hydrogen-bond donors (Lipinski definition) is 1. The maximum absolute atomic E-state index is 9.95. The van der Waals surface area contributed by atoms with E-state index < -0.39 is 0 Å². The first-order chi connectivity index (χ1) is 15.6. The first-order valence-electron chi connectivity index (χ1n) is 12.5. The van der Waals surface area contributed by atoms with Gasteiger partial charge in [0.25, 0.3) is 0 Å². The Morgan fingerprint density at radius 2 is 1.75 bits per heavy atom. The van der Waals surface area contributed by atoms with Crippen LogP contribution in [0.15, 0.2) is 48.5 Å². The van der Waals surface area contributed by atoms with Crippen LogP contribution in [0, 0.1) is 16.7 Å². The minimum atomic E-state index is -0.193. The molecule has 3 unspecified atom stereocenters. The lowest BCUT2D eigenvalue weighted by Gasteiger charge is -2.36. The molecule has 0 aromatic heterocycles. The van der Waals surface area contributed by atoms with E-state index in [4.69, 9.17) is 9.84 Å². The summed E-state index contributed by atoms with van der Waals surface area (Å²) in [6.45, 7) is 4.55. The summed E-state index contributed by atoms with van der Waals surface area (Å²) in [4.78, 5) is 0. The lowest BCUT2D eigenvalue weighted by Crippen LogP contribution is -2.26. The van der Waals surface area contributed by atoms with Crippen molar-refractivity contribution in [3.63, 3.8) is 0 Å². The molecule has 3 rings (SSSR count). The van der Waals surface area contributed by atoms with E-state index in [9.17, 15) is 5.26 Å². The van der Waals surface area contributed by atoms with Gasteiger partial charge in [0, 0.05) is 6.61 Å². The van der Waals surface area contributed by atoms with Gasteiger partial charge < -0.3 is 9.84 Å². The molecule has 0 radical (unpaired) electrons. The molecular weight excluding hydrogens is 394 g/mol. The first kappa shape index (κ1) is 24.3. The molecule has 0 amide bonds. The highest BCUT2D eigenvalue weighted by Gasteiger charge is 2.36. The van der Waals surface area contributed by atoms with E-state index in [0.29, 0.717) is 5.92 Å². The highest BCUT2D eigenvalue weighted by atomic mass is 16.5. The fraction of sp³-hybridized carbons (Fsp3) is 0.552. The average Bonchev–Trinajstić information content (AvgIpc) is 2.83. The fourth-order valence-electron chi connectivity index (χ4n) is 5.16. The Morgan fingerprint density at radius 3 is 2.38 bits per heavy atom. The van der Waals surface area contributed by atoms with Gasteiger partial charge in [0.05, 0.1) is 17.6 Å². The second-order valence-corrected chi connectivity index (χ2v) is 9.58. The predicted molar refractivity (Wildman–Crippen MR) is 132 cm³/mol. The molecule has 32 heavy (non-hydrogen) atoms. The van der Waals surface area contributed by atoms with Crippen LogP contribution in [0.5, 0.6) is 5.75 Å². The summed E-state index contributed by atoms with van der Waals surface area (Å²) < 4.78 is 5.98. The van der Waals surface area contributed by atoms with Crippen LogP contribution >= 0.6 is 0 Å². The zero-order valence-corrected chi connectivity index (χ0v) is 19.9. The van der Waals surface area contributed by atoms with Crippen molar-refractivity contribution in [3.05, 3.63) is 54.1 Å². The van der Waals surface area contributed by atoms with Crippen LogP contribution < -0.4 is 4.74 Å².